The molecule has 0 fully saturated rings. The van der Waals surface area contributed by atoms with Gasteiger partial charge in [-0.3, -0.25) is 0 Å². The molecule has 0 heterocycles. The number of nitroso groups, excluding NO2 is 1. The van der Waals surface area contributed by atoms with E-state index in [-0.39, 0.29) is 11.4 Å². The lowest BCUT2D eigenvalue weighted by Gasteiger charge is -2.03. The van der Waals surface area contributed by atoms with Gasteiger partial charge in [0.2, 0.25) is 0 Å². The van der Waals surface area contributed by atoms with Crippen LogP contribution >= 0.6 is 11.6 Å². The summed E-state index contributed by atoms with van der Waals surface area (Å²) in [6, 6.07) is 7.92. The fourth-order valence-electron chi connectivity index (χ4n) is 1.41. The van der Waals surface area contributed by atoms with Gasteiger partial charge in [0, 0.05) is 10.8 Å². The second kappa shape index (κ2) is 3.27. The number of fused-ring (bicyclic) bond motifs is 1. The zero-order valence-corrected chi connectivity index (χ0v) is 7.82. The molecule has 2 rings (SSSR count). The SMILES string of the molecule is O=Nc1ccc(O)c2c(Cl)cccc12. The number of hydrogen-bond acceptors (Lipinski definition) is 3. The lowest BCUT2D eigenvalue weighted by molar-refractivity contribution is 0.481. The first-order chi connectivity index (χ1) is 6.74. The lowest BCUT2D eigenvalue weighted by Crippen LogP contribution is -1.76. The molecule has 0 aromatic heterocycles. The average molecular weight is 208 g/mol. The highest BCUT2D eigenvalue weighted by Gasteiger charge is 2.08. The van der Waals surface area contributed by atoms with E-state index in [1.54, 1.807) is 18.2 Å². The standard InChI is InChI=1S/C10H6ClNO2/c11-7-3-1-2-6-8(12-14)4-5-9(13)10(6)7/h1-5,13H. The second-order valence-corrected chi connectivity index (χ2v) is 3.26. The maximum Gasteiger partial charge on any atom is 0.125 e. The summed E-state index contributed by atoms with van der Waals surface area (Å²) in [4.78, 5) is 10.5. The van der Waals surface area contributed by atoms with Crippen LogP contribution in [0, 0.1) is 4.91 Å². The molecule has 2 aromatic rings. The van der Waals surface area contributed by atoms with E-state index in [0.29, 0.717) is 15.8 Å². The molecule has 0 aliphatic heterocycles. The van der Waals surface area contributed by atoms with E-state index in [1.807, 2.05) is 0 Å². The van der Waals surface area contributed by atoms with Crippen molar-refractivity contribution in [3.05, 3.63) is 40.3 Å². The molecule has 70 valence electrons. The number of rotatable bonds is 1. The first kappa shape index (κ1) is 8.97. The van der Waals surface area contributed by atoms with E-state index in [0.717, 1.165) is 0 Å². The van der Waals surface area contributed by atoms with E-state index >= 15 is 0 Å². The zero-order valence-electron chi connectivity index (χ0n) is 7.07. The quantitative estimate of drug-likeness (QED) is 0.727. The summed E-state index contributed by atoms with van der Waals surface area (Å²) in [5.41, 5.74) is 0.278. The number of benzene rings is 2. The normalized spacial score (nSPS) is 10.4. The van der Waals surface area contributed by atoms with Crippen LogP contribution in [0.1, 0.15) is 0 Å². The van der Waals surface area contributed by atoms with Crippen LogP contribution in [0.5, 0.6) is 5.75 Å². The van der Waals surface area contributed by atoms with E-state index in [9.17, 15) is 10.0 Å². The summed E-state index contributed by atoms with van der Waals surface area (Å²) < 4.78 is 0. The Balaban J connectivity index is 2.98. The van der Waals surface area contributed by atoms with Crippen LogP contribution in [-0.2, 0) is 0 Å². The van der Waals surface area contributed by atoms with Gasteiger partial charge in [-0.2, -0.15) is 0 Å². The van der Waals surface area contributed by atoms with Gasteiger partial charge >= 0.3 is 0 Å². The van der Waals surface area contributed by atoms with Crippen molar-refractivity contribution in [3.63, 3.8) is 0 Å². The molecule has 0 bridgehead atoms. The van der Waals surface area contributed by atoms with Crippen LogP contribution in [0.25, 0.3) is 10.8 Å². The van der Waals surface area contributed by atoms with Crippen molar-refractivity contribution in [1.82, 2.24) is 0 Å². The highest BCUT2D eigenvalue weighted by atomic mass is 35.5. The molecular weight excluding hydrogens is 202 g/mol. The fourth-order valence-corrected chi connectivity index (χ4v) is 1.68. The molecule has 0 unspecified atom stereocenters. The smallest absolute Gasteiger partial charge is 0.125 e. The van der Waals surface area contributed by atoms with Gasteiger partial charge in [-0.25, -0.2) is 0 Å². The summed E-state index contributed by atoms with van der Waals surface area (Å²) in [5, 5.41) is 13.8. The molecule has 0 saturated heterocycles. The average Bonchev–Trinajstić information content (AvgIpc) is 2.18. The summed E-state index contributed by atoms with van der Waals surface area (Å²) in [5.74, 6) is 0.0537. The van der Waals surface area contributed by atoms with Crippen LogP contribution in [0.3, 0.4) is 0 Å². The zero-order chi connectivity index (χ0) is 10.1. The Hall–Kier alpha value is -1.61. The van der Waals surface area contributed by atoms with Crippen LogP contribution in [0.15, 0.2) is 35.5 Å². The number of hydrogen-bond donors (Lipinski definition) is 1. The van der Waals surface area contributed by atoms with Crippen LogP contribution in [0.4, 0.5) is 5.69 Å². The molecular formula is C10H6ClNO2. The minimum absolute atomic E-state index is 0.0537. The Kier molecular flexibility index (Phi) is 2.09. The molecule has 0 saturated carbocycles. The third kappa shape index (κ3) is 1.22. The Morgan fingerprint density at radius 3 is 2.71 bits per heavy atom. The molecule has 0 amide bonds. The fraction of sp³-hybridized carbons (Fsp3) is 0. The van der Waals surface area contributed by atoms with Crippen LogP contribution in [-0.4, -0.2) is 5.11 Å². The van der Waals surface area contributed by atoms with Crippen molar-refractivity contribution in [2.75, 3.05) is 0 Å². The topological polar surface area (TPSA) is 49.7 Å². The van der Waals surface area contributed by atoms with Gasteiger partial charge in [-0.05, 0) is 23.4 Å². The number of aromatic hydroxyl groups is 1. The number of phenolic OH excluding ortho intramolecular Hbond substituents is 1. The van der Waals surface area contributed by atoms with Crippen molar-refractivity contribution in [1.29, 1.82) is 0 Å². The molecule has 14 heavy (non-hydrogen) atoms. The molecule has 0 aliphatic rings. The Morgan fingerprint density at radius 1 is 1.21 bits per heavy atom. The first-order valence-corrected chi connectivity index (χ1v) is 4.35. The Labute approximate surface area is 84.9 Å². The molecule has 1 N–H and O–H groups in total. The minimum atomic E-state index is 0.0537. The Morgan fingerprint density at radius 2 is 2.00 bits per heavy atom. The van der Waals surface area contributed by atoms with Gasteiger partial charge in [0.25, 0.3) is 0 Å². The predicted molar refractivity (Wildman–Crippen MR) is 56.1 cm³/mol. The largest absolute Gasteiger partial charge is 0.507 e. The molecule has 0 radical (unpaired) electrons. The van der Waals surface area contributed by atoms with E-state index in [2.05, 4.69) is 5.18 Å². The maximum absolute atomic E-state index is 10.5. The number of phenols is 1. The van der Waals surface area contributed by atoms with E-state index < -0.39 is 0 Å². The van der Waals surface area contributed by atoms with E-state index in [1.165, 1.54) is 12.1 Å². The predicted octanol–water partition coefficient (Wildman–Crippen LogP) is 3.60. The van der Waals surface area contributed by atoms with Gasteiger partial charge in [0.15, 0.2) is 0 Å². The summed E-state index contributed by atoms with van der Waals surface area (Å²) in [7, 11) is 0. The van der Waals surface area contributed by atoms with Crippen molar-refractivity contribution < 1.29 is 5.11 Å². The molecule has 0 aliphatic carbocycles. The van der Waals surface area contributed by atoms with Crippen molar-refractivity contribution in [2.45, 2.75) is 0 Å². The highest BCUT2D eigenvalue weighted by Crippen LogP contribution is 2.36. The maximum atomic E-state index is 10.5. The summed E-state index contributed by atoms with van der Waals surface area (Å²) in [6.45, 7) is 0. The third-order valence-corrected chi connectivity index (χ3v) is 2.36. The molecule has 2 aromatic carbocycles. The van der Waals surface area contributed by atoms with Gasteiger partial charge in [-0.1, -0.05) is 23.7 Å². The number of halogens is 1. The van der Waals surface area contributed by atoms with Gasteiger partial charge < -0.3 is 5.11 Å². The second-order valence-electron chi connectivity index (χ2n) is 2.86. The minimum Gasteiger partial charge on any atom is -0.507 e. The van der Waals surface area contributed by atoms with Crippen molar-refractivity contribution >= 4 is 28.1 Å². The molecule has 4 heteroatoms. The van der Waals surface area contributed by atoms with Gasteiger partial charge in [-0.15, -0.1) is 4.91 Å². The number of nitrogens with zero attached hydrogens (tertiary/aromatic N) is 1. The van der Waals surface area contributed by atoms with Crippen LogP contribution in [0.2, 0.25) is 5.02 Å². The molecule has 0 spiro atoms. The summed E-state index contributed by atoms with van der Waals surface area (Å²) in [6.07, 6.45) is 0. The molecule has 0 atom stereocenters. The van der Waals surface area contributed by atoms with E-state index in [4.69, 9.17) is 11.6 Å². The highest BCUT2D eigenvalue weighted by molar-refractivity contribution is 6.36. The summed E-state index contributed by atoms with van der Waals surface area (Å²) >= 11 is 5.89. The Bertz CT molecular complexity index is 502. The van der Waals surface area contributed by atoms with Crippen molar-refractivity contribution in [2.24, 2.45) is 5.18 Å². The van der Waals surface area contributed by atoms with Gasteiger partial charge in [0.1, 0.15) is 11.4 Å². The van der Waals surface area contributed by atoms with Crippen molar-refractivity contribution in [3.8, 4) is 5.75 Å². The lowest BCUT2D eigenvalue weighted by atomic mass is 10.1. The van der Waals surface area contributed by atoms with Gasteiger partial charge in [0.05, 0.1) is 5.02 Å². The third-order valence-electron chi connectivity index (χ3n) is 2.04. The monoisotopic (exact) mass is 207 g/mol. The molecule has 3 nitrogen and oxygen atoms in total. The first-order valence-electron chi connectivity index (χ1n) is 3.97. The van der Waals surface area contributed by atoms with Crippen LogP contribution < -0.4 is 0 Å².